The molecule has 0 saturated heterocycles. The van der Waals surface area contributed by atoms with Crippen LogP contribution in [0.15, 0.2) is 96.2 Å². The van der Waals surface area contributed by atoms with E-state index >= 15 is 0 Å². The van der Waals surface area contributed by atoms with Gasteiger partial charge in [-0.05, 0) is 31.2 Å². The average molecular weight is 599 g/mol. The predicted octanol–water partition coefficient (Wildman–Crippen LogP) is 4.85. The Labute approximate surface area is 190 Å². The van der Waals surface area contributed by atoms with E-state index in [1.54, 1.807) is 24.5 Å². The van der Waals surface area contributed by atoms with Crippen molar-refractivity contribution in [2.24, 2.45) is 0 Å². The van der Waals surface area contributed by atoms with Crippen LogP contribution in [-0.2, 0) is 31.2 Å². The first-order valence-corrected chi connectivity index (χ1v) is 10.3. The second kappa shape index (κ2) is 10.9. The van der Waals surface area contributed by atoms with Crippen molar-refractivity contribution >= 4 is 10.1 Å². The van der Waals surface area contributed by atoms with Crippen molar-refractivity contribution < 1.29 is 34.0 Å². The second-order valence-electron chi connectivity index (χ2n) is 6.20. The molecule has 0 aliphatic heterocycles. The van der Waals surface area contributed by atoms with Gasteiger partial charge in [0, 0.05) is 44.8 Å². The number of rotatable bonds is 3. The van der Waals surface area contributed by atoms with Crippen molar-refractivity contribution in [3.8, 4) is 22.5 Å². The fourth-order valence-electron chi connectivity index (χ4n) is 2.52. The number of benzene rings is 2. The topological polar surface area (TPSA) is 80.2 Å². The normalized spacial score (nSPS) is 10.3. The maximum absolute atomic E-state index is 10.5. The summed E-state index contributed by atoms with van der Waals surface area (Å²) in [5, 5.41) is 0. The summed E-state index contributed by atoms with van der Waals surface area (Å²) >= 11 is 0. The third kappa shape index (κ3) is 6.70. The Morgan fingerprint density at radius 3 is 1.63 bits per heavy atom. The van der Waals surface area contributed by atoms with Crippen LogP contribution in [0.5, 0.6) is 0 Å². The summed E-state index contributed by atoms with van der Waals surface area (Å²) in [6, 6.07) is 27.1. The Morgan fingerprint density at radius 1 is 0.733 bits per heavy atom. The van der Waals surface area contributed by atoms with E-state index in [1.165, 1.54) is 12.1 Å². The maximum Gasteiger partial charge on any atom is 0.294 e. The van der Waals surface area contributed by atoms with Gasteiger partial charge in [-0.15, -0.1) is 24.3 Å². The van der Waals surface area contributed by atoms with Crippen molar-refractivity contribution in [1.82, 2.24) is 9.97 Å². The molecule has 4 rings (SSSR count). The minimum Gasteiger partial charge on any atom is -0.295 e. The number of hydrogen-bond acceptors (Lipinski definition) is 4. The molecule has 7 heteroatoms. The molecule has 5 nitrogen and oxygen atoms in total. The number of pyridine rings is 2. The largest absolute Gasteiger partial charge is 0.295 e. The van der Waals surface area contributed by atoms with Gasteiger partial charge in [-0.1, -0.05) is 53.1 Å². The van der Waals surface area contributed by atoms with Crippen molar-refractivity contribution in [2.45, 2.75) is 11.8 Å². The average Bonchev–Trinajstić information content (AvgIpc) is 2.75. The Hall–Kier alpha value is -2.66. The molecule has 0 spiro atoms. The van der Waals surface area contributed by atoms with Gasteiger partial charge in [-0.3, -0.25) is 14.5 Å². The Balaban J connectivity index is 0.000000232. The molecule has 2 heterocycles. The Bertz CT molecular complexity index is 1110. The molecule has 4 aromatic rings. The van der Waals surface area contributed by atoms with Crippen molar-refractivity contribution in [2.75, 3.05) is 0 Å². The Kier molecular flexibility index (Phi) is 8.60. The Morgan fingerprint density at radius 2 is 1.23 bits per heavy atom. The van der Waals surface area contributed by atoms with Crippen LogP contribution in [0.25, 0.3) is 22.5 Å². The van der Waals surface area contributed by atoms with Gasteiger partial charge in [-0.25, -0.2) is 0 Å². The van der Waals surface area contributed by atoms with Crippen molar-refractivity contribution in [3.63, 3.8) is 0 Å². The molecule has 0 aliphatic carbocycles. The van der Waals surface area contributed by atoms with Crippen LogP contribution in [-0.4, -0.2) is 22.9 Å². The summed E-state index contributed by atoms with van der Waals surface area (Å²) in [7, 11) is -4.02. The molecule has 0 unspecified atom stereocenters. The number of nitrogens with zero attached hydrogens (tertiary/aromatic N) is 2. The standard InChI is InChI=1S/C16H11N2.C7H8O3S.Pt/c1-3-10-17-15(8-1)13-6-5-7-14(12-13)16-9-2-4-11-18-16;1-6-2-4-7(5-3-6)11(8,9)10;/h1-11H;2-5H,1H3,(H,8,9,10);/q-1;;. The predicted molar refractivity (Wildman–Crippen MR) is 113 cm³/mol. The molecule has 156 valence electrons. The van der Waals surface area contributed by atoms with Gasteiger partial charge in [0.15, 0.2) is 0 Å². The van der Waals surface area contributed by atoms with Crippen LogP contribution in [0.1, 0.15) is 5.56 Å². The SMILES string of the molecule is Cc1ccc(S(=O)(=O)O)cc1.[Pt].[c-]1c(-c2ccccn2)cccc1-c1ccccn1. The van der Waals surface area contributed by atoms with E-state index in [2.05, 4.69) is 16.0 Å². The molecule has 0 atom stereocenters. The maximum atomic E-state index is 10.5. The zero-order valence-electron chi connectivity index (χ0n) is 16.0. The van der Waals surface area contributed by atoms with Crippen LogP contribution in [0.3, 0.4) is 0 Å². The van der Waals surface area contributed by atoms with E-state index in [9.17, 15) is 8.42 Å². The smallest absolute Gasteiger partial charge is 0.294 e. The van der Waals surface area contributed by atoms with E-state index in [0.717, 1.165) is 28.1 Å². The van der Waals surface area contributed by atoms with Gasteiger partial charge < -0.3 is 0 Å². The third-order valence-electron chi connectivity index (χ3n) is 4.00. The zero-order valence-corrected chi connectivity index (χ0v) is 19.1. The van der Waals surface area contributed by atoms with E-state index in [-0.39, 0.29) is 26.0 Å². The molecule has 0 radical (unpaired) electrons. The monoisotopic (exact) mass is 598 g/mol. The third-order valence-corrected chi connectivity index (χ3v) is 4.86. The zero-order chi connectivity index (χ0) is 20.7. The molecular weight excluding hydrogens is 579 g/mol. The van der Waals surface area contributed by atoms with Crippen LogP contribution in [0.2, 0.25) is 0 Å². The first-order valence-electron chi connectivity index (χ1n) is 8.83. The summed E-state index contributed by atoms with van der Waals surface area (Å²) < 4.78 is 29.6. The van der Waals surface area contributed by atoms with Gasteiger partial charge in [0.05, 0.1) is 4.90 Å². The molecule has 2 aromatic carbocycles. The molecule has 0 amide bonds. The number of aryl methyl sites for hydroxylation is 1. The molecule has 2 aromatic heterocycles. The van der Waals surface area contributed by atoms with Crippen LogP contribution in [0, 0.1) is 13.0 Å². The minimum atomic E-state index is -4.02. The minimum absolute atomic E-state index is 0. The quantitative estimate of drug-likeness (QED) is 0.270. The molecule has 0 fully saturated rings. The molecular formula is C23H19N2O3PtS-. The summed E-state index contributed by atoms with van der Waals surface area (Å²) in [5.41, 5.74) is 4.78. The molecule has 1 N–H and O–H groups in total. The molecule has 30 heavy (non-hydrogen) atoms. The van der Waals surface area contributed by atoms with Crippen LogP contribution in [0.4, 0.5) is 0 Å². The van der Waals surface area contributed by atoms with Crippen LogP contribution < -0.4 is 0 Å². The van der Waals surface area contributed by atoms with Gasteiger partial charge in [-0.2, -0.15) is 8.42 Å². The van der Waals surface area contributed by atoms with Gasteiger partial charge in [0.25, 0.3) is 10.1 Å². The summed E-state index contributed by atoms with van der Waals surface area (Å²) in [4.78, 5) is 8.60. The van der Waals surface area contributed by atoms with E-state index in [4.69, 9.17) is 4.55 Å². The van der Waals surface area contributed by atoms with E-state index in [0.29, 0.717) is 0 Å². The fraction of sp³-hybridized carbons (Fsp3) is 0.0435. The molecule has 0 aliphatic rings. The summed E-state index contributed by atoms with van der Waals surface area (Å²) in [5.74, 6) is 0. The van der Waals surface area contributed by atoms with Gasteiger partial charge >= 0.3 is 0 Å². The van der Waals surface area contributed by atoms with Crippen LogP contribution >= 0.6 is 0 Å². The van der Waals surface area contributed by atoms with Gasteiger partial charge in [0.1, 0.15) is 0 Å². The number of aromatic nitrogens is 2. The molecule has 0 saturated carbocycles. The summed E-state index contributed by atoms with van der Waals surface area (Å²) in [6.07, 6.45) is 3.58. The molecule has 0 bridgehead atoms. The number of hydrogen-bond donors (Lipinski definition) is 1. The van der Waals surface area contributed by atoms with E-state index in [1.807, 2.05) is 61.5 Å². The van der Waals surface area contributed by atoms with Crippen molar-refractivity contribution in [1.29, 1.82) is 0 Å². The first-order chi connectivity index (χ1) is 13.9. The first kappa shape index (κ1) is 23.6. The fourth-order valence-corrected chi connectivity index (χ4v) is 3.00. The van der Waals surface area contributed by atoms with Gasteiger partial charge in [0.2, 0.25) is 0 Å². The summed E-state index contributed by atoms with van der Waals surface area (Å²) in [6.45, 7) is 1.84. The second-order valence-corrected chi connectivity index (χ2v) is 7.62. The van der Waals surface area contributed by atoms with Crippen molar-refractivity contribution in [3.05, 3.63) is 103 Å². The van der Waals surface area contributed by atoms with E-state index < -0.39 is 10.1 Å².